The van der Waals surface area contributed by atoms with Crippen LogP contribution >= 0.6 is 0 Å². The highest BCUT2D eigenvalue weighted by Crippen LogP contribution is 2.33. The lowest BCUT2D eigenvalue weighted by Crippen LogP contribution is -2.08. The van der Waals surface area contributed by atoms with Crippen LogP contribution in [0.4, 0.5) is 11.6 Å². The highest BCUT2D eigenvalue weighted by atomic mass is 15.2. The van der Waals surface area contributed by atoms with Crippen LogP contribution in [0.25, 0.3) is 0 Å². The summed E-state index contributed by atoms with van der Waals surface area (Å²) in [6.45, 7) is 6.34. The van der Waals surface area contributed by atoms with Crippen LogP contribution in [0.5, 0.6) is 0 Å². The summed E-state index contributed by atoms with van der Waals surface area (Å²) in [6.07, 6.45) is 7.41. The molecule has 1 heterocycles. The second kappa shape index (κ2) is 5.31. The van der Waals surface area contributed by atoms with Crippen molar-refractivity contribution in [3.05, 3.63) is 41.2 Å². The molecule has 0 unspecified atom stereocenters. The highest BCUT2D eigenvalue weighted by Gasteiger charge is 2.20. The van der Waals surface area contributed by atoms with Gasteiger partial charge in [-0.15, -0.1) is 0 Å². The van der Waals surface area contributed by atoms with Gasteiger partial charge in [-0.2, -0.15) is 0 Å². The third kappa shape index (κ3) is 2.58. The first-order valence-corrected chi connectivity index (χ1v) is 7.53. The topological polar surface area (TPSA) is 29.9 Å². The molecular formula is C17H23N3. The van der Waals surface area contributed by atoms with Crippen molar-refractivity contribution < 1.29 is 0 Å². The van der Waals surface area contributed by atoms with Crippen LogP contribution in [-0.4, -0.2) is 9.55 Å². The minimum atomic E-state index is 0.615. The number of anilines is 2. The van der Waals surface area contributed by atoms with E-state index in [2.05, 4.69) is 60.0 Å². The minimum absolute atomic E-state index is 0.615. The van der Waals surface area contributed by atoms with E-state index >= 15 is 0 Å². The zero-order valence-corrected chi connectivity index (χ0v) is 12.6. The largest absolute Gasteiger partial charge is 0.325 e. The van der Waals surface area contributed by atoms with Gasteiger partial charge in [0.05, 0.1) is 5.69 Å². The predicted octanol–water partition coefficient (Wildman–Crippen LogP) is 4.67. The first-order chi connectivity index (χ1) is 9.63. The number of hydrogen-bond acceptors (Lipinski definition) is 2. The standard InChI is InChI=1S/C17H23N3/c1-12-8-9-16(13(2)10-12)19-17-18-14(3)11-20(17)15-6-4-5-7-15/h8-11,15H,4-7H2,1-3H3,(H,18,19). The Morgan fingerprint density at radius 1 is 1.15 bits per heavy atom. The van der Waals surface area contributed by atoms with E-state index in [0.29, 0.717) is 6.04 Å². The number of hydrogen-bond donors (Lipinski definition) is 1. The average Bonchev–Trinajstić information content (AvgIpc) is 3.02. The third-order valence-corrected chi connectivity index (χ3v) is 4.20. The number of benzene rings is 1. The molecule has 0 saturated heterocycles. The molecule has 3 nitrogen and oxygen atoms in total. The summed E-state index contributed by atoms with van der Waals surface area (Å²) in [4.78, 5) is 4.67. The number of nitrogens with zero attached hydrogens (tertiary/aromatic N) is 2. The number of imidazole rings is 1. The lowest BCUT2D eigenvalue weighted by Gasteiger charge is -2.16. The normalized spacial score (nSPS) is 15.8. The molecule has 1 N–H and O–H groups in total. The van der Waals surface area contributed by atoms with E-state index < -0.39 is 0 Å². The van der Waals surface area contributed by atoms with Crippen LogP contribution in [0.15, 0.2) is 24.4 Å². The molecule has 0 spiro atoms. The second-order valence-electron chi connectivity index (χ2n) is 5.99. The van der Waals surface area contributed by atoms with Crippen molar-refractivity contribution in [2.45, 2.75) is 52.5 Å². The zero-order valence-electron chi connectivity index (χ0n) is 12.6. The maximum atomic E-state index is 4.67. The summed E-state index contributed by atoms with van der Waals surface area (Å²) in [7, 11) is 0. The maximum absolute atomic E-state index is 4.67. The average molecular weight is 269 g/mol. The van der Waals surface area contributed by atoms with Crippen LogP contribution in [0.2, 0.25) is 0 Å². The molecule has 3 rings (SSSR count). The molecule has 0 bridgehead atoms. The molecule has 1 aliphatic carbocycles. The second-order valence-corrected chi connectivity index (χ2v) is 5.99. The van der Waals surface area contributed by atoms with Crippen molar-refractivity contribution in [2.24, 2.45) is 0 Å². The van der Waals surface area contributed by atoms with Crippen molar-refractivity contribution in [1.82, 2.24) is 9.55 Å². The van der Waals surface area contributed by atoms with Crippen LogP contribution in [0.1, 0.15) is 48.5 Å². The number of aryl methyl sites for hydroxylation is 3. The molecule has 106 valence electrons. The summed E-state index contributed by atoms with van der Waals surface area (Å²) >= 11 is 0. The van der Waals surface area contributed by atoms with Crippen LogP contribution in [0.3, 0.4) is 0 Å². The zero-order chi connectivity index (χ0) is 14.1. The molecule has 3 heteroatoms. The molecular weight excluding hydrogens is 246 g/mol. The Balaban J connectivity index is 1.90. The van der Waals surface area contributed by atoms with Crippen molar-refractivity contribution in [3.63, 3.8) is 0 Å². The van der Waals surface area contributed by atoms with Crippen molar-refractivity contribution in [1.29, 1.82) is 0 Å². The van der Waals surface area contributed by atoms with E-state index in [1.165, 1.54) is 36.8 Å². The van der Waals surface area contributed by atoms with E-state index in [1.807, 2.05) is 0 Å². The fraction of sp³-hybridized carbons (Fsp3) is 0.471. The summed E-state index contributed by atoms with van der Waals surface area (Å²) in [5.41, 5.74) is 4.80. The van der Waals surface area contributed by atoms with Crippen LogP contribution < -0.4 is 5.32 Å². The molecule has 1 aromatic heterocycles. The van der Waals surface area contributed by atoms with E-state index in [0.717, 1.165) is 17.3 Å². The Hall–Kier alpha value is -1.77. The number of aromatic nitrogens is 2. The summed E-state index contributed by atoms with van der Waals surface area (Å²) in [6, 6.07) is 7.11. The first-order valence-electron chi connectivity index (χ1n) is 7.53. The monoisotopic (exact) mass is 269 g/mol. The summed E-state index contributed by atoms with van der Waals surface area (Å²) in [5, 5.41) is 3.52. The van der Waals surface area contributed by atoms with Crippen LogP contribution in [0, 0.1) is 20.8 Å². The van der Waals surface area contributed by atoms with Gasteiger partial charge in [0.1, 0.15) is 0 Å². The molecule has 1 fully saturated rings. The number of nitrogens with one attached hydrogen (secondary N) is 1. The fourth-order valence-electron chi connectivity index (χ4n) is 3.14. The fourth-order valence-corrected chi connectivity index (χ4v) is 3.14. The summed E-state index contributed by atoms with van der Waals surface area (Å²) in [5.74, 6) is 0.987. The van der Waals surface area contributed by atoms with Gasteiger partial charge in [-0.25, -0.2) is 4.98 Å². The Kier molecular flexibility index (Phi) is 3.51. The molecule has 1 saturated carbocycles. The lowest BCUT2D eigenvalue weighted by atomic mass is 10.1. The van der Waals surface area contributed by atoms with Gasteiger partial charge in [0, 0.05) is 17.9 Å². The van der Waals surface area contributed by atoms with E-state index in [-0.39, 0.29) is 0 Å². The minimum Gasteiger partial charge on any atom is -0.325 e. The van der Waals surface area contributed by atoms with E-state index in [4.69, 9.17) is 0 Å². The first kappa shape index (κ1) is 13.2. The Bertz CT molecular complexity index is 607. The van der Waals surface area contributed by atoms with Gasteiger partial charge in [0.15, 0.2) is 0 Å². The SMILES string of the molecule is Cc1ccc(Nc2nc(C)cn2C2CCCC2)c(C)c1. The smallest absolute Gasteiger partial charge is 0.207 e. The lowest BCUT2D eigenvalue weighted by molar-refractivity contribution is 0.524. The van der Waals surface area contributed by atoms with Gasteiger partial charge in [-0.05, 0) is 45.2 Å². The van der Waals surface area contributed by atoms with Gasteiger partial charge >= 0.3 is 0 Å². The maximum Gasteiger partial charge on any atom is 0.207 e. The van der Waals surface area contributed by atoms with Crippen LogP contribution in [-0.2, 0) is 0 Å². The van der Waals surface area contributed by atoms with Crippen molar-refractivity contribution in [2.75, 3.05) is 5.32 Å². The van der Waals surface area contributed by atoms with Gasteiger partial charge in [0.25, 0.3) is 0 Å². The molecule has 1 aliphatic rings. The molecule has 20 heavy (non-hydrogen) atoms. The molecule has 0 atom stereocenters. The van der Waals surface area contributed by atoms with E-state index in [1.54, 1.807) is 0 Å². The Labute approximate surface area is 121 Å². The van der Waals surface area contributed by atoms with Gasteiger partial charge in [0.2, 0.25) is 5.95 Å². The predicted molar refractivity (Wildman–Crippen MR) is 83.7 cm³/mol. The van der Waals surface area contributed by atoms with Gasteiger partial charge < -0.3 is 9.88 Å². The molecule has 0 aliphatic heterocycles. The molecule has 2 aromatic rings. The Morgan fingerprint density at radius 2 is 1.90 bits per heavy atom. The summed E-state index contributed by atoms with van der Waals surface area (Å²) < 4.78 is 2.33. The highest BCUT2D eigenvalue weighted by molar-refractivity contribution is 5.59. The Morgan fingerprint density at radius 3 is 2.60 bits per heavy atom. The van der Waals surface area contributed by atoms with E-state index in [9.17, 15) is 0 Å². The third-order valence-electron chi connectivity index (χ3n) is 4.20. The van der Waals surface area contributed by atoms with Crippen molar-refractivity contribution >= 4 is 11.6 Å². The quantitative estimate of drug-likeness (QED) is 0.877. The molecule has 0 amide bonds. The molecule has 1 aromatic carbocycles. The van der Waals surface area contributed by atoms with Crippen molar-refractivity contribution in [3.8, 4) is 0 Å². The van der Waals surface area contributed by atoms with Gasteiger partial charge in [-0.3, -0.25) is 0 Å². The molecule has 0 radical (unpaired) electrons. The van der Waals surface area contributed by atoms with Gasteiger partial charge in [-0.1, -0.05) is 30.5 Å². The number of rotatable bonds is 3.